The highest BCUT2D eigenvalue weighted by molar-refractivity contribution is 5.91. The van der Waals surface area contributed by atoms with Gasteiger partial charge in [0.15, 0.2) is 0 Å². The van der Waals surface area contributed by atoms with Crippen LogP contribution in [0.5, 0.6) is 0 Å². The molecule has 0 saturated carbocycles. The monoisotopic (exact) mass is 188 g/mol. The van der Waals surface area contributed by atoms with Crippen LogP contribution in [0.25, 0.3) is 17.0 Å². The van der Waals surface area contributed by atoms with Crippen LogP contribution in [0.4, 0.5) is 0 Å². The van der Waals surface area contributed by atoms with E-state index in [1.165, 1.54) is 6.08 Å². The minimum atomic E-state index is -0.975. The van der Waals surface area contributed by atoms with Gasteiger partial charge in [0.25, 0.3) is 0 Å². The molecule has 4 heteroatoms. The summed E-state index contributed by atoms with van der Waals surface area (Å²) in [6, 6.07) is 7.56. The fourth-order valence-electron chi connectivity index (χ4n) is 1.26. The number of hydrogen-bond donors (Lipinski definition) is 2. The van der Waals surface area contributed by atoms with E-state index in [0.29, 0.717) is 5.69 Å². The summed E-state index contributed by atoms with van der Waals surface area (Å²) in [6.45, 7) is 0. The summed E-state index contributed by atoms with van der Waals surface area (Å²) in [5, 5.41) is 16.2. The molecule has 0 bridgehead atoms. The van der Waals surface area contributed by atoms with Crippen molar-refractivity contribution in [2.24, 2.45) is 0 Å². The average Bonchev–Trinajstić information content (AvgIpc) is 2.58. The number of carbonyl (C=O) groups is 1. The third kappa shape index (κ3) is 1.50. The first-order chi connectivity index (χ1) is 6.77. The topological polar surface area (TPSA) is 66.0 Å². The number of hydrogen-bond acceptors (Lipinski definition) is 2. The molecule has 4 nitrogen and oxygen atoms in total. The van der Waals surface area contributed by atoms with Crippen molar-refractivity contribution in [3.8, 4) is 0 Å². The molecule has 1 heterocycles. The molecule has 0 aliphatic carbocycles. The smallest absolute Gasteiger partial charge is 0.328 e. The van der Waals surface area contributed by atoms with Gasteiger partial charge in [-0.25, -0.2) is 4.79 Å². The lowest BCUT2D eigenvalue weighted by Crippen LogP contribution is -1.85. The molecule has 0 fully saturated rings. The quantitative estimate of drug-likeness (QED) is 0.704. The Hall–Kier alpha value is -2.10. The molecule has 0 amide bonds. The Balaban J connectivity index is 2.48. The van der Waals surface area contributed by atoms with Crippen LogP contribution in [0.3, 0.4) is 0 Å². The molecule has 1 aromatic heterocycles. The number of aromatic amines is 1. The van der Waals surface area contributed by atoms with Crippen molar-refractivity contribution in [3.63, 3.8) is 0 Å². The Morgan fingerprint density at radius 3 is 3.00 bits per heavy atom. The van der Waals surface area contributed by atoms with E-state index in [9.17, 15) is 4.79 Å². The second-order valence-corrected chi connectivity index (χ2v) is 2.83. The van der Waals surface area contributed by atoms with Gasteiger partial charge in [0.1, 0.15) is 0 Å². The van der Waals surface area contributed by atoms with E-state index in [1.807, 2.05) is 24.3 Å². The highest BCUT2D eigenvalue weighted by Crippen LogP contribution is 2.15. The average molecular weight is 188 g/mol. The largest absolute Gasteiger partial charge is 0.478 e. The van der Waals surface area contributed by atoms with Gasteiger partial charge in [-0.1, -0.05) is 18.2 Å². The molecule has 0 aliphatic heterocycles. The number of H-pyrrole nitrogens is 1. The molecule has 0 spiro atoms. The molecule has 70 valence electrons. The third-order valence-electron chi connectivity index (χ3n) is 1.88. The highest BCUT2D eigenvalue weighted by atomic mass is 16.4. The van der Waals surface area contributed by atoms with Crippen molar-refractivity contribution < 1.29 is 9.90 Å². The Labute approximate surface area is 79.9 Å². The molecule has 14 heavy (non-hydrogen) atoms. The van der Waals surface area contributed by atoms with Gasteiger partial charge in [-0.05, 0) is 12.1 Å². The Bertz CT molecular complexity index is 500. The van der Waals surface area contributed by atoms with Gasteiger partial charge in [0, 0.05) is 11.5 Å². The summed E-state index contributed by atoms with van der Waals surface area (Å²) < 4.78 is 0. The fraction of sp³-hybridized carbons (Fsp3) is 0. The van der Waals surface area contributed by atoms with Crippen LogP contribution in [-0.4, -0.2) is 21.3 Å². The summed E-state index contributed by atoms with van der Waals surface area (Å²) >= 11 is 0. The van der Waals surface area contributed by atoms with E-state index in [-0.39, 0.29) is 0 Å². The number of nitrogens with one attached hydrogen (secondary N) is 1. The molecule has 0 radical (unpaired) electrons. The summed E-state index contributed by atoms with van der Waals surface area (Å²) in [5.41, 5.74) is 1.54. The lowest BCUT2D eigenvalue weighted by atomic mass is 10.2. The number of para-hydroxylation sites is 1. The molecule has 2 rings (SSSR count). The van der Waals surface area contributed by atoms with Gasteiger partial charge in [0.2, 0.25) is 0 Å². The van der Waals surface area contributed by atoms with Gasteiger partial charge < -0.3 is 5.11 Å². The summed E-state index contributed by atoms with van der Waals surface area (Å²) in [4.78, 5) is 10.3. The normalized spacial score (nSPS) is 11.1. The van der Waals surface area contributed by atoms with Crippen LogP contribution in [0.1, 0.15) is 5.69 Å². The zero-order valence-electron chi connectivity index (χ0n) is 7.27. The number of carboxylic acid groups (broad SMARTS) is 1. The predicted molar refractivity (Wildman–Crippen MR) is 52.8 cm³/mol. The Morgan fingerprint density at radius 2 is 2.21 bits per heavy atom. The summed E-state index contributed by atoms with van der Waals surface area (Å²) in [6.07, 6.45) is 2.55. The van der Waals surface area contributed by atoms with Gasteiger partial charge in [-0.15, -0.1) is 0 Å². The fourth-order valence-corrected chi connectivity index (χ4v) is 1.26. The van der Waals surface area contributed by atoms with Crippen molar-refractivity contribution >= 4 is 22.9 Å². The molecule has 2 aromatic rings. The zero-order chi connectivity index (χ0) is 9.97. The molecule has 1 aromatic carbocycles. The lowest BCUT2D eigenvalue weighted by molar-refractivity contribution is -0.131. The van der Waals surface area contributed by atoms with Gasteiger partial charge in [0.05, 0.1) is 11.2 Å². The van der Waals surface area contributed by atoms with Crippen LogP contribution in [0, 0.1) is 0 Å². The van der Waals surface area contributed by atoms with Crippen LogP contribution in [0.2, 0.25) is 0 Å². The van der Waals surface area contributed by atoms with Crippen LogP contribution in [0.15, 0.2) is 30.3 Å². The number of aromatic nitrogens is 2. The second-order valence-electron chi connectivity index (χ2n) is 2.83. The Morgan fingerprint density at radius 1 is 1.43 bits per heavy atom. The van der Waals surface area contributed by atoms with E-state index in [4.69, 9.17) is 5.11 Å². The maximum atomic E-state index is 10.3. The molecule has 0 saturated heterocycles. The standard InChI is InChI=1S/C10H8N2O2/c13-10(14)6-5-9-7-3-1-2-4-8(7)11-12-9/h1-6H,(H,11,12)(H,13,14). The molecule has 0 aliphatic rings. The van der Waals surface area contributed by atoms with Gasteiger partial charge in [-0.2, -0.15) is 5.10 Å². The number of benzene rings is 1. The summed E-state index contributed by atoms with van der Waals surface area (Å²) in [7, 11) is 0. The lowest BCUT2D eigenvalue weighted by Gasteiger charge is -1.87. The first kappa shape index (κ1) is 8.50. The predicted octanol–water partition coefficient (Wildman–Crippen LogP) is 1.66. The SMILES string of the molecule is O=C(O)C=Cc1n[nH]c2ccccc12. The zero-order valence-corrected chi connectivity index (χ0v) is 7.27. The maximum Gasteiger partial charge on any atom is 0.328 e. The van der Waals surface area contributed by atoms with Crippen molar-refractivity contribution in [2.75, 3.05) is 0 Å². The van der Waals surface area contributed by atoms with Crippen molar-refractivity contribution in [1.29, 1.82) is 0 Å². The Kier molecular flexibility index (Phi) is 2.02. The molecule has 2 N–H and O–H groups in total. The number of fused-ring (bicyclic) bond motifs is 1. The van der Waals surface area contributed by atoms with Crippen molar-refractivity contribution in [1.82, 2.24) is 10.2 Å². The third-order valence-corrected chi connectivity index (χ3v) is 1.88. The van der Waals surface area contributed by atoms with Gasteiger partial charge in [-0.3, -0.25) is 5.10 Å². The minimum Gasteiger partial charge on any atom is -0.478 e. The van der Waals surface area contributed by atoms with E-state index < -0.39 is 5.97 Å². The van der Waals surface area contributed by atoms with E-state index in [0.717, 1.165) is 17.0 Å². The molecular weight excluding hydrogens is 180 g/mol. The first-order valence-electron chi connectivity index (χ1n) is 4.11. The number of aliphatic carboxylic acids is 1. The van der Waals surface area contributed by atoms with Crippen LogP contribution >= 0.6 is 0 Å². The van der Waals surface area contributed by atoms with Crippen LogP contribution < -0.4 is 0 Å². The van der Waals surface area contributed by atoms with Crippen molar-refractivity contribution in [3.05, 3.63) is 36.0 Å². The maximum absolute atomic E-state index is 10.3. The van der Waals surface area contributed by atoms with Crippen LogP contribution in [-0.2, 0) is 4.79 Å². The summed E-state index contributed by atoms with van der Waals surface area (Å²) in [5.74, 6) is -0.975. The number of rotatable bonds is 2. The van der Waals surface area contributed by atoms with E-state index in [1.54, 1.807) is 0 Å². The first-order valence-corrected chi connectivity index (χ1v) is 4.11. The second kappa shape index (κ2) is 3.33. The van der Waals surface area contributed by atoms with E-state index in [2.05, 4.69) is 10.2 Å². The van der Waals surface area contributed by atoms with E-state index >= 15 is 0 Å². The molecule has 0 unspecified atom stereocenters. The minimum absolute atomic E-state index is 0.642. The number of nitrogens with zero attached hydrogens (tertiary/aromatic N) is 1. The molecular formula is C10H8N2O2. The highest BCUT2D eigenvalue weighted by Gasteiger charge is 2.00. The van der Waals surface area contributed by atoms with Crippen molar-refractivity contribution in [2.45, 2.75) is 0 Å². The number of carboxylic acids is 1. The molecule has 0 atom stereocenters. The van der Waals surface area contributed by atoms with Gasteiger partial charge >= 0.3 is 5.97 Å².